The van der Waals surface area contributed by atoms with E-state index in [4.69, 9.17) is 5.11 Å². The zero-order valence-electron chi connectivity index (χ0n) is 15.3. The Morgan fingerprint density at radius 3 is 2.65 bits per heavy atom. The second-order valence-electron chi connectivity index (χ2n) is 8.11. The molecule has 0 aromatic heterocycles. The number of aliphatic hydroxyl groups is 2. The molecule has 0 saturated carbocycles. The number of carbonyl (C=O) groups excluding carboxylic acids is 1. The second kappa shape index (κ2) is 7.27. The van der Waals surface area contributed by atoms with Crippen molar-refractivity contribution < 1.29 is 15.0 Å². The summed E-state index contributed by atoms with van der Waals surface area (Å²) in [5, 5.41) is 19.2. The fourth-order valence-electron chi connectivity index (χ4n) is 4.99. The van der Waals surface area contributed by atoms with E-state index in [1.54, 1.807) is 0 Å². The molecule has 0 radical (unpaired) electrons. The molecule has 3 fully saturated rings. The Morgan fingerprint density at radius 2 is 1.92 bits per heavy atom. The Balaban J connectivity index is 1.42. The van der Waals surface area contributed by atoms with Crippen LogP contribution in [-0.4, -0.2) is 94.4 Å². The Hall–Kier alpha value is -1.47. The van der Waals surface area contributed by atoms with Crippen molar-refractivity contribution in [3.63, 3.8) is 0 Å². The van der Waals surface area contributed by atoms with Crippen LogP contribution in [0.25, 0.3) is 0 Å². The molecule has 1 aromatic rings. The van der Waals surface area contributed by atoms with Gasteiger partial charge in [-0.05, 0) is 18.4 Å². The zero-order chi connectivity index (χ0) is 18.1. The molecule has 2 atom stereocenters. The van der Waals surface area contributed by atoms with Crippen LogP contribution >= 0.6 is 0 Å². The molecule has 26 heavy (non-hydrogen) atoms. The number of nitrogens with zero attached hydrogens (tertiary/aromatic N) is 3. The number of piperazine rings is 1. The zero-order valence-corrected chi connectivity index (χ0v) is 15.3. The number of β-amino-alcohol motifs (C(OH)–C–C–N with tert-alkyl or cyclic N) is 1. The molecule has 6 heteroatoms. The first-order valence-corrected chi connectivity index (χ1v) is 9.69. The summed E-state index contributed by atoms with van der Waals surface area (Å²) in [5.41, 5.74) is 1.33. The van der Waals surface area contributed by atoms with E-state index in [1.165, 1.54) is 5.56 Å². The number of carbonyl (C=O) groups is 1. The van der Waals surface area contributed by atoms with E-state index in [0.717, 1.165) is 52.1 Å². The molecule has 3 aliphatic heterocycles. The molecular formula is C20H29N3O3. The Bertz CT molecular complexity index is 632. The Kier molecular flexibility index (Phi) is 5.01. The summed E-state index contributed by atoms with van der Waals surface area (Å²) in [4.78, 5) is 18.9. The van der Waals surface area contributed by atoms with Gasteiger partial charge >= 0.3 is 0 Å². The summed E-state index contributed by atoms with van der Waals surface area (Å²) >= 11 is 0. The molecule has 3 saturated heterocycles. The first-order valence-electron chi connectivity index (χ1n) is 9.69. The van der Waals surface area contributed by atoms with Crippen molar-refractivity contribution in [2.24, 2.45) is 0 Å². The fraction of sp³-hybridized carbons (Fsp3) is 0.650. The molecule has 1 spiro atoms. The topological polar surface area (TPSA) is 67.2 Å². The fourth-order valence-corrected chi connectivity index (χ4v) is 4.99. The molecule has 142 valence electrons. The van der Waals surface area contributed by atoms with E-state index in [1.807, 2.05) is 11.0 Å². The van der Waals surface area contributed by atoms with Crippen LogP contribution in [0.15, 0.2) is 30.3 Å². The lowest BCUT2D eigenvalue weighted by Gasteiger charge is -2.61. The van der Waals surface area contributed by atoms with Gasteiger partial charge in [-0.15, -0.1) is 0 Å². The highest BCUT2D eigenvalue weighted by Crippen LogP contribution is 2.39. The van der Waals surface area contributed by atoms with Crippen LogP contribution in [0.1, 0.15) is 18.4 Å². The summed E-state index contributed by atoms with van der Waals surface area (Å²) in [6.07, 6.45) is 1.81. The maximum Gasteiger partial charge on any atom is 0.225 e. The van der Waals surface area contributed by atoms with Crippen molar-refractivity contribution >= 4 is 5.91 Å². The van der Waals surface area contributed by atoms with Gasteiger partial charge in [0.15, 0.2) is 0 Å². The first-order chi connectivity index (χ1) is 12.6. The summed E-state index contributed by atoms with van der Waals surface area (Å²) in [7, 11) is 0. The number of likely N-dealkylation sites (tertiary alicyclic amines) is 1. The molecule has 2 unspecified atom stereocenters. The minimum atomic E-state index is -0.256. The third-order valence-electron chi connectivity index (χ3n) is 6.20. The van der Waals surface area contributed by atoms with Gasteiger partial charge in [0, 0.05) is 51.7 Å². The summed E-state index contributed by atoms with van der Waals surface area (Å²) < 4.78 is 0. The maximum absolute atomic E-state index is 12.1. The third kappa shape index (κ3) is 3.39. The van der Waals surface area contributed by atoms with Crippen molar-refractivity contribution in [1.82, 2.24) is 14.7 Å². The van der Waals surface area contributed by atoms with Crippen molar-refractivity contribution in [2.75, 3.05) is 45.9 Å². The van der Waals surface area contributed by atoms with Gasteiger partial charge in [0.25, 0.3) is 0 Å². The van der Waals surface area contributed by atoms with E-state index in [0.29, 0.717) is 6.04 Å². The van der Waals surface area contributed by atoms with Gasteiger partial charge in [-0.3, -0.25) is 14.6 Å². The van der Waals surface area contributed by atoms with Gasteiger partial charge in [-0.1, -0.05) is 30.3 Å². The largest absolute Gasteiger partial charge is 0.396 e. The minimum Gasteiger partial charge on any atom is -0.396 e. The van der Waals surface area contributed by atoms with E-state index in [2.05, 4.69) is 34.1 Å². The quantitative estimate of drug-likeness (QED) is 0.771. The van der Waals surface area contributed by atoms with Gasteiger partial charge in [0.05, 0.1) is 18.2 Å². The monoisotopic (exact) mass is 359 g/mol. The van der Waals surface area contributed by atoms with Crippen LogP contribution in [0.3, 0.4) is 0 Å². The second-order valence-corrected chi connectivity index (χ2v) is 8.11. The predicted molar refractivity (Wildman–Crippen MR) is 98.7 cm³/mol. The molecule has 2 N–H and O–H groups in total. The molecule has 4 rings (SSSR count). The van der Waals surface area contributed by atoms with Crippen LogP contribution in [0.2, 0.25) is 0 Å². The van der Waals surface area contributed by atoms with Gasteiger partial charge < -0.3 is 15.1 Å². The third-order valence-corrected chi connectivity index (χ3v) is 6.20. The lowest BCUT2D eigenvalue weighted by molar-refractivity contribution is -0.156. The van der Waals surface area contributed by atoms with Gasteiger partial charge in [-0.25, -0.2) is 0 Å². The normalized spacial score (nSPS) is 28.2. The van der Waals surface area contributed by atoms with E-state index in [9.17, 15) is 9.90 Å². The average molecular weight is 359 g/mol. The molecule has 1 amide bonds. The van der Waals surface area contributed by atoms with Gasteiger partial charge in [0.2, 0.25) is 5.91 Å². The van der Waals surface area contributed by atoms with Gasteiger partial charge in [-0.2, -0.15) is 0 Å². The number of amides is 1. The predicted octanol–water partition coefficient (Wildman–Crippen LogP) is -0.0567. The molecule has 1 aromatic carbocycles. The van der Waals surface area contributed by atoms with Crippen molar-refractivity contribution in [2.45, 2.75) is 36.9 Å². The maximum atomic E-state index is 12.1. The SMILES string of the molecule is O=C(CCO)N1CC2(CN(CCc3ccccc3)CC3CC(O)CN32)C1. The molecular weight excluding hydrogens is 330 g/mol. The highest BCUT2D eigenvalue weighted by molar-refractivity contribution is 5.77. The summed E-state index contributed by atoms with van der Waals surface area (Å²) in [6, 6.07) is 10.9. The molecule has 0 aliphatic carbocycles. The first kappa shape index (κ1) is 17.9. The van der Waals surface area contributed by atoms with Crippen molar-refractivity contribution in [1.29, 1.82) is 0 Å². The molecule has 6 nitrogen and oxygen atoms in total. The Labute approximate surface area is 155 Å². The van der Waals surface area contributed by atoms with Crippen LogP contribution in [0, 0.1) is 0 Å². The van der Waals surface area contributed by atoms with Crippen molar-refractivity contribution in [3.8, 4) is 0 Å². The lowest BCUT2D eigenvalue weighted by atomic mass is 9.83. The standard InChI is InChI=1S/C20H29N3O3/c24-9-7-19(26)22-14-20(15-22)13-21(8-6-16-4-2-1-3-5-16)11-17-10-18(25)12-23(17)20/h1-5,17-18,24-25H,6-15H2. The summed E-state index contributed by atoms with van der Waals surface area (Å²) in [6.45, 7) is 5.03. The van der Waals surface area contributed by atoms with E-state index >= 15 is 0 Å². The highest BCUT2D eigenvalue weighted by Gasteiger charge is 2.56. The van der Waals surface area contributed by atoms with Crippen LogP contribution in [0.5, 0.6) is 0 Å². The number of rotatable bonds is 5. The number of hydrogen-bond acceptors (Lipinski definition) is 5. The Morgan fingerprint density at radius 1 is 1.15 bits per heavy atom. The number of hydrogen-bond donors (Lipinski definition) is 2. The van der Waals surface area contributed by atoms with E-state index < -0.39 is 0 Å². The van der Waals surface area contributed by atoms with Crippen LogP contribution in [-0.2, 0) is 11.2 Å². The average Bonchev–Trinajstić information content (AvgIpc) is 2.98. The minimum absolute atomic E-state index is 0.0256. The van der Waals surface area contributed by atoms with Gasteiger partial charge in [0.1, 0.15) is 0 Å². The smallest absolute Gasteiger partial charge is 0.225 e. The molecule has 3 aliphatic rings. The van der Waals surface area contributed by atoms with Crippen LogP contribution < -0.4 is 0 Å². The number of fused-ring (bicyclic) bond motifs is 2. The summed E-state index contributed by atoms with van der Waals surface area (Å²) in [5.74, 6) is 0.0378. The molecule has 0 bridgehead atoms. The molecule has 3 heterocycles. The van der Waals surface area contributed by atoms with E-state index in [-0.39, 0.29) is 30.6 Å². The van der Waals surface area contributed by atoms with Crippen LogP contribution in [0.4, 0.5) is 0 Å². The number of aliphatic hydroxyl groups excluding tert-OH is 2. The number of benzene rings is 1. The highest BCUT2D eigenvalue weighted by atomic mass is 16.3. The lowest BCUT2D eigenvalue weighted by Crippen LogP contribution is -2.78. The van der Waals surface area contributed by atoms with Crippen molar-refractivity contribution in [3.05, 3.63) is 35.9 Å².